The second kappa shape index (κ2) is 5.34. The summed E-state index contributed by atoms with van der Waals surface area (Å²) in [5.41, 5.74) is 0.982. The number of aromatic nitrogens is 2. The van der Waals surface area contributed by atoms with E-state index in [1.165, 1.54) is 24.5 Å². The average Bonchev–Trinajstić information content (AvgIpc) is 2.48. The predicted octanol–water partition coefficient (Wildman–Crippen LogP) is 2.88. The molecular weight excluding hydrogens is 305 g/mol. The van der Waals surface area contributed by atoms with Crippen LogP contribution in [0.4, 0.5) is 10.1 Å². The van der Waals surface area contributed by atoms with Gasteiger partial charge in [-0.05, 0) is 36.8 Å². The number of rotatable bonds is 3. The van der Waals surface area contributed by atoms with Crippen LogP contribution in [0.1, 0.15) is 5.56 Å². The quantitative estimate of drug-likeness (QED) is 0.806. The zero-order chi connectivity index (χ0) is 15.7. The van der Waals surface area contributed by atoms with Crippen molar-refractivity contribution in [2.45, 2.75) is 11.9 Å². The maximum Gasteiger partial charge on any atom is 0.279 e. The fourth-order valence-corrected chi connectivity index (χ4v) is 3.41. The van der Waals surface area contributed by atoms with Crippen molar-refractivity contribution in [1.29, 1.82) is 0 Å². The van der Waals surface area contributed by atoms with Crippen molar-refractivity contribution < 1.29 is 12.8 Å². The van der Waals surface area contributed by atoms with Crippen LogP contribution in [-0.2, 0) is 10.0 Å². The van der Waals surface area contributed by atoms with Crippen LogP contribution in [0.5, 0.6) is 0 Å². The summed E-state index contributed by atoms with van der Waals surface area (Å²) in [5.74, 6) is -0.458. The molecule has 0 aliphatic heterocycles. The monoisotopic (exact) mass is 317 g/mol. The Bertz CT molecular complexity index is 958. The Morgan fingerprint density at radius 2 is 1.86 bits per heavy atom. The smallest absolute Gasteiger partial charge is 0.276 e. The zero-order valence-electron chi connectivity index (χ0n) is 11.6. The summed E-state index contributed by atoms with van der Waals surface area (Å²) in [5, 5.41) is 0.184. The number of sulfonamides is 1. The highest BCUT2D eigenvalue weighted by atomic mass is 32.2. The first-order valence-electron chi connectivity index (χ1n) is 6.47. The Labute approximate surface area is 126 Å². The molecule has 5 nitrogen and oxygen atoms in total. The van der Waals surface area contributed by atoms with E-state index in [0.717, 1.165) is 0 Å². The molecule has 0 bridgehead atoms. The molecule has 1 aromatic carbocycles. The molecule has 0 aliphatic carbocycles. The van der Waals surface area contributed by atoms with Crippen LogP contribution in [0.25, 0.3) is 10.9 Å². The number of para-hydroxylation sites is 1. The summed E-state index contributed by atoms with van der Waals surface area (Å²) in [7, 11) is -3.87. The number of halogens is 1. The van der Waals surface area contributed by atoms with Crippen molar-refractivity contribution in [3.8, 4) is 0 Å². The molecule has 1 N–H and O–H groups in total. The molecule has 0 amide bonds. The van der Waals surface area contributed by atoms with Crippen LogP contribution in [0.15, 0.2) is 53.8 Å². The maximum absolute atomic E-state index is 13.8. The van der Waals surface area contributed by atoms with Crippen molar-refractivity contribution in [2.75, 3.05) is 4.72 Å². The van der Waals surface area contributed by atoms with Gasteiger partial charge < -0.3 is 0 Å². The molecule has 0 saturated carbocycles. The fraction of sp³-hybridized carbons (Fsp3) is 0.0667. The predicted molar refractivity (Wildman–Crippen MR) is 81.5 cm³/mol. The number of benzene rings is 1. The van der Waals surface area contributed by atoms with Gasteiger partial charge in [-0.15, -0.1) is 0 Å². The van der Waals surface area contributed by atoms with Gasteiger partial charge >= 0.3 is 0 Å². The number of hydrogen-bond donors (Lipinski definition) is 1. The van der Waals surface area contributed by atoms with E-state index in [1.807, 2.05) is 0 Å². The van der Waals surface area contributed by atoms with Crippen molar-refractivity contribution >= 4 is 26.6 Å². The molecule has 112 valence electrons. The second-order valence-electron chi connectivity index (χ2n) is 4.73. The van der Waals surface area contributed by atoms with Crippen molar-refractivity contribution in [2.24, 2.45) is 0 Å². The van der Waals surface area contributed by atoms with E-state index in [-0.39, 0.29) is 21.6 Å². The molecule has 0 saturated heterocycles. The summed E-state index contributed by atoms with van der Waals surface area (Å²) in [6.45, 7) is 1.66. The van der Waals surface area contributed by atoms with E-state index in [9.17, 15) is 12.8 Å². The third-order valence-electron chi connectivity index (χ3n) is 3.18. The summed E-state index contributed by atoms with van der Waals surface area (Å²) >= 11 is 0. The van der Waals surface area contributed by atoms with Crippen LogP contribution in [0, 0.1) is 12.7 Å². The molecule has 7 heteroatoms. The van der Waals surface area contributed by atoms with E-state index in [4.69, 9.17) is 0 Å². The van der Waals surface area contributed by atoms with Gasteiger partial charge in [0, 0.05) is 17.8 Å². The summed E-state index contributed by atoms with van der Waals surface area (Å²) in [6.07, 6.45) is 2.70. The highest BCUT2D eigenvalue weighted by Crippen LogP contribution is 2.25. The Morgan fingerprint density at radius 1 is 1.05 bits per heavy atom. The largest absolute Gasteiger partial charge is 0.279 e. The second-order valence-corrected chi connectivity index (χ2v) is 6.32. The van der Waals surface area contributed by atoms with Gasteiger partial charge in [-0.1, -0.05) is 12.1 Å². The molecule has 2 aromatic heterocycles. The number of anilines is 1. The van der Waals surface area contributed by atoms with Gasteiger partial charge in [0.05, 0.1) is 11.2 Å². The van der Waals surface area contributed by atoms with Gasteiger partial charge in [-0.2, -0.15) is 8.42 Å². The van der Waals surface area contributed by atoms with Crippen LogP contribution >= 0.6 is 0 Å². The normalized spacial score (nSPS) is 11.5. The number of nitrogens with zero attached hydrogens (tertiary/aromatic N) is 2. The highest BCUT2D eigenvalue weighted by molar-refractivity contribution is 7.92. The molecule has 0 spiro atoms. The molecule has 3 aromatic rings. The number of hydrogen-bond acceptors (Lipinski definition) is 4. The lowest BCUT2D eigenvalue weighted by atomic mass is 10.2. The summed E-state index contributed by atoms with van der Waals surface area (Å²) in [4.78, 5) is 7.95. The lowest BCUT2D eigenvalue weighted by Gasteiger charge is -2.11. The van der Waals surface area contributed by atoms with Crippen LogP contribution in [0.2, 0.25) is 0 Å². The Morgan fingerprint density at radius 3 is 2.64 bits per heavy atom. The first-order valence-corrected chi connectivity index (χ1v) is 7.95. The van der Waals surface area contributed by atoms with E-state index >= 15 is 0 Å². The minimum atomic E-state index is -3.87. The molecule has 0 aliphatic rings. The summed E-state index contributed by atoms with van der Waals surface area (Å²) < 4.78 is 41.1. The van der Waals surface area contributed by atoms with E-state index in [2.05, 4.69) is 14.7 Å². The van der Waals surface area contributed by atoms with Gasteiger partial charge in [0.1, 0.15) is 5.82 Å². The third-order valence-corrected chi connectivity index (χ3v) is 4.60. The van der Waals surface area contributed by atoms with E-state index in [0.29, 0.717) is 5.56 Å². The lowest BCUT2D eigenvalue weighted by Crippen LogP contribution is -2.16. The van der Waals surface area contributed by atoms with Gasteiger partial charge in [0.15, 0.2) is 5.03 Å². The molecule has 22 heavy (non-hydrogen) atoms. The number of fused-ring (bicyclic) bond motifs is 1. The Kier molecular flexibility index (Phi) is 3.50. The number of aryl methyl sites for hydroxylation is 1. The molecular formula is C15H12FN3O2S. The highest BCUT2D eigenvalue weighted by Gasteiger charge is 2.19. The number of pyridine rings is 2. The Balaban J connectivity index is 2.11. The van der Waals surface area contributed by atoms with Crippen molar-refractivity contribution in [3.05, 3.63) is 60.2 Å². The summed E-state index contributed by atoms with van der Waals surface area (Å²) in [6, 6.07) is 9.18. The van der Waals surface area contributed by atoms with E-state index in [1.54, 1.807) is 31.2 Å². The first-order chi connectivity index (χ1) is 10.5. The molecule has 2 heterocycles. The van der Waals surface area contributed by atoms with Crippen LogP contribution < -0.4 is 4.72 Å². The Hall–Kier alpha value is -2.54. The molecule has 0 radical (unpaired) electrons. The molecule has 0 unspecified atom stereocenters. The molecule has 0 atom stereocenters. The number of nitrogens with one attached hydrogen (secondary N) is 1. The minimum Gasteiger partial charge on any atom is -0.276 e. The SMILES string of the molecule is Cc1cccnc1S(=O)(=O)Nc1cccc2c(F)ccnc12. The van der Waals surface area contributed by atoms with Gasteiger partial charge in [0.25, 0.3) is 10.0 Å². The van der Waals surface area contributed by atoms with Crippen molar-refractivity contribution in [1.82, 2.24) is 9.97 Å². The first kappa shape index (κ1) is 14.4. The fourth-order valence-electron chi connectivity index (χ4n) is 2.17. The standard InChI is InChI=1S/C15H12FN3O2S/c1-10-4-3-8-18-15(10)22(20,21)19-13-6-2-5-11-12(16)7-9-17-14(11)13/h2-9,19H,1H3. The minimum absolute atomic E-state index is 0.0663. The lowest BCUT2D eigenvalue weighted by molar-refractivity contribution is 0.596. The molecule has 0 fully saturated rings. The van der Waals surface area contributed by atoms with Crippen LogP contribution in [0.3, 0.4) is 0 Å². The van der Waals surface area contributed by atoms with E-state index < -0.39 is 15.8 Å². The molecule has 3 rings (SSSR count). The third kappa shape index (κ3) is 2.50. The zero-order valence-corrected chi connectivity index (χ0v) is 12.4. The average molecular weight is 317 g/mol. The maximum atomic E-state index is 13.8. The van der Waals surface area contributed by atoms with Gasteiger partial charge in [-0.3, -0.25) is 9.71 Å². The van der Waals surface area contributed by atoms with Crippen molar-refractivity contribution in [3.63, 3.8) is 0 Å². The van der Waals surface area contributed by atoms with Gasteiger partial charge in [0.2, 0.25) is 0 Å². The van der Waals surface area contributed by atoms with Crippen LogP contribution in [-0.4, -0.2) is 18.4 Å². The van der Waals surface area contributed by atoms with Gasteiger partial charge in [-0.25, -0.2) is 9.37 Å². The topological polar surface area (TPSA) is 72.0 Å².